The molecule has 1 heterocycles. The van der Waals surface area contributed by atoms with E-state index in [0.717, 1.165) is 6.42 Å². The van der Waals surface area contributed by atoms with Gasteiger partial charge in [0.25, 0.3) is 0 Å². The van der Waals surface area contributed by atoms with E-state index in [-0.39, 0.29) is 0 Å². The Balaban J connectivity index is 0.000000741. The first-order valence-electron chi connectivity index (χ1n) is 7.20. The van der Waals surface area contributed by atoms with Gasteiger partial charge in [-0.15, -0.1) is 0 Å². The number of fused-ring (bicyclic) bond motifs is 2. The summed E-state index contributed by atoms with van der Waals surface area (Å²) in [6, 6.07) is 0. The van der Waals surface area contributed by atoms with Crippen molar-refractivity contribution < 1.29 is 9.90 Å². The Hall–Kier alpha value is -1.51. The van der Waals surface area contributed by atoms with Crippen LogP contribution in [0.25, 0.3) is 0 Å². The van der Waals surface area contributed by atoms with Crippen LogP contribution in [0.3, 0.4) is 0 Å². The van der Waals surface area contributed by atoms with Gasteiger partial charge in [-0.1, -0.05) is 64.5 Å². The Morgan fingerprint density at radius 3 is 2.37 bits per heavy atom. The summed E-state index contributed by atoms with van der Waals surface area (Å²) < 4.78 is 0. The number of nitrogens with zero attached hydrogens (tertiary/aromatic N) is 1. The number of carboxylic acid groups (broad SMARTS) is 1. The van der Waals surface area contributed by atoms with Crippen LogP contribution < -0.4 is 0 Å². The minimum Gasteiger partial charge on any atom is -0.465 e. The van der Waals surface area contributed by atoms with Crippen LogP contribution >= 0.6 is 0 Å². The molecule has 1 N–H and O–H groups in total. The van der Waals surface area contributed by atoms with Crippen LogP contribution in [0.2, 0.25) is 0 Å². The van der Waals surface area contributed by atoms with Gasteiger partial charge in [0.05, 0.1) is 0 Å². The van der Waals surface area contributed by atoms with Gasteiger partial charge in [-0.3, -0.25) is 0 Å². The van der Waals surface area contributed by atoms with E-state index >= 15 is 0 Å². The van der Waals surface area contributed by atoms with Crippen molar-refractivity contribution in [2.75, 3.05) is 13.1 Å². The molecule has 19 heavy (non-hydrogen) atoms. The number of hydrogen-bond acceptors (Lipinski definition) is 1. The maximum atomic E-state index is 11.0. The minimum atomic E-state index is -0.821. The van der Waals surface area contributed by atoms with Crippen LogP contribution in [-0.2, 0) is 0 Å². The number of hydrogen-bond donors (Lipinski definition) is 1. The van der Waals surface area contributed by atoms with Gasteiger partial charge in [-0.2, -0.15) is 0 Å². The van der Waals surface area contributed by atoms with Crippen molar-refractivity contribution in [3.05, 3.63) is 35.5 Å². The largest absolute Gasteiger partial charge is 0.465 e. The molecule has 0 aromatic rings. The number of rotatable bonds is 0. The molecule has 0 aromatic heterocycles. The van der Waals surface area contributed by atoms with Crippen LogP contribution in [-0.4, -0.2) is 29.2 Å². The van der Waals surface area contributed by atoms with Crippen molar-refractivity contribution in [3.8, 4) is 0 Å². The van der Waals surface area contributed by atoms with E-state index in [1.165, 1.54) is 16.0 Å². The molecule has 0 saturated carbocycles. The molecule has 1 unspecified atom stereocenters. The highest BCUT2D eigenvalue weighted by Crippen LogP contribution is 2.27. The predicted octanol–water partition coefficient (Wildman–Crippen LogP) is 4.48. The fourth-order valence-corrected chi connectivity index (χ4v) is 2.10. The molecular weight excluding hydrogens is 238 g/mol. The second kappa shape index (κ2) is 9.42. The fraction of sp³-hybridized carbons (Fsp3) is 0.562. The lowest BCUT2D eigenvalue weighted by Gasteiger charge is -2.19. The summed E-state index contributed by atoms with van der Waals surface area (Å²) in [5, 5.41) is 9.03. The van der Waals surface area contributed by atoms with E-state index in [4.69, 9.17) is 5.11 Å². The monoisotopic (exact) mass is 265 g/mol. The Morgan fingerprint density at radius 1 is 1.21 bits per heavy atom. The Bertz CT molecular complexity index is 367. The topological polar surface area (TPSA) is 40.5 Å². The molecule has 3 nitrogen and oxygen atoms in total. The summed E-state index contributed by atoms with van der Waals surface area (Å²) in [6.07, 6.45) is 8.25. The minimum absolute atomic E-state index is 0.315. The van der Waals surface area contributed by atoms with Crippen molar-refractivity contribution in [2.24, 2.45) is 5.92 Å². The average Bonchev–Trinajstić information content (AvgIpc) is 2.76. The maximum absolute atomic E-state index is 11.0. The molecule has 0 spiro atoms. The number of amides is 1. The summed E-state index contributed by atoms with van der Waals surface area (Å²) >= 11 is 0. The summed E-state index contributed by atoms with van der Waals surface area (Å²) in [4.78, 5) is 12.5. The molecule has 3 heteroatoms. The van der Waals surface area contributed by atoms with E-state index in [9.17, 15) is 4.79 Å². The first-order valence-corrected chi connectivity index (χ1v) is 7.20. The van der Waals surface area contributed by atoms with Gasteiger partial charge in [0.1, 0.15) is 0 Å². The molecule has 1 amide bonds. The highest BCUT2D eigenvalue weighted by Gasteiger charge is 2.24. The van der Waals surface area contributed by atoms with Crippen LogP contribution in [0.5, 0.6) is 0 Å². The molecule has 2 aliphatic rings. The van der Waals surface area contributed by atoms with Gasteiger partial charge in [-0.05, 0) is 17.9 Å². The summed E-state index contributed by atoms with van der Waals surface area (Å²) in [7, 11) is 0. The standard InChI is InChI=1S/C12H15NO2.2C2H6/c1-9-7-13(12(14)15)8-10-4-2-3-5-11(9)6-10;2*1-2/h2-5,9H,6-8H2,1H3,(H,14,15);2*1-2H3. The first kappa shape index (κ1) is 17.5. The maximum Gasteiger partial charge on any atom is 0.407 e. The van der Waals surface area contributed by atoms with Gasteiger partial charge >= 0.3 is 6.09 Å². The molecule has 1 atom stereocenters. The number of allylic oxidation sites excluding steroid dienone is 4. The molecular formula is C16H27NO2. The smallest absolute Gasteiger partial charge is 0.407 e. The first-order chi connectivity index (χ1) is 9.16. The van der Waals surface area contributed by atoms with Crippen molar-refractivity contribution in [1.29, 1.82) is 0 Å². The molecule has 2 rings (SSSR count). The van der Waals surface area contributed by atoms with Crippen molar-refractivity contribution in [2.45, 2.75) is 41.0 Å². The number of carbonyl (C=O) groups is 1. The zero-order valence-electron chi connectivity index (χ0n) is 12.8. The Morgan fingerprint density at radius 2 is 1.79 bits per heavy atom. The quantitative estimate of drug-likeness (QED) is 0.701. The molecule has 0 radical (unpaired) electrons. The zero-order chi connectivity index (χ0) is 14.8. The third kappa shape index (κ3) is 5.33. The Labute approximate surface area is 117 Å². The molecule has 1 saturated heterocycles. The van der Waals surface area contributed by atoms with E-state index in [1.807, 2.05) is 45.9 Å². The van der Waals surface area contributed by atoms with Gasteiger partial charge < -0.3 is 10.0 Å². The summed E-state index contributed by atoms with van der Waals surface area (Å²) in [5.74, 6) is 0.315. The lowest BCUT2D eigenvalue weighted by molar-refractivity contribution is 0.146. The average molecular weight is 265 g/mol. The lowest BCUT2D eigenvalue weighted by atomic mass is 9.96. The van der Waals surface area contributed by atoms with Crippen LogP contribution in [0.1, 0.15) is 41.0 Å². The van der Waals surface area contributed by atoms with E-state index < -0.39 is 6.09 Å². The van der Waals surface area contributed by atoms with E-state index in [2.05, 4.69) is 13.0 Å². The van der Waals surface area contributed by atoms with Gasteiger partial charge in [0.2, 0.25) is 0 Å². The third-order valence-electron chi connectivity index (χ3n) is 2.98. The third-order valence-corrected chi connectivity index (χ3v) is 2.98. The van der Waals surface area contributed by atoms with Crippen molar-refractivity contribution >= 4 is 6.09 Å². The van der Waals surface area contributed by atoms with Gasteiger partial charge in [0, 0.05) is 13.1 Å². The van der Waals surface area contributed by atoms with Crippen LogP contribution in [0.4, 0.5) is 4.79 Å². The Kier molecular flexibility index (Phi) is 8.68. The molecule has 0 aromatic carbocycles. The molecule has 1 aliphatic carbocycles. The van der Waals surface area contributed by atoms with Gasteiger partial charge in [-0.25, -0.2) is 4.79 Å². The summed E-state index contributed by atoms with van der Waals surface area (Å²) in [6.45, 7) is 11.2. The summed E-state index contributed by atoms with van der Waals surface area (Å²) in [5.41, 5.74) is 2.51. The highest BCUT2D eigenvalue weighted by molar-refractivity contribution is 5.65. The molecule has 108 valence electrons. The second-order valence-electron chi connectivity index (χ2n) is 4.19. The molecule has 1 fully saturated rings. The zero-order valence-corrected chi connectivity index (χ0v) is 12.8. The molecule has 1 aliphatic heterocycles. The lowest BCUT2D eigenvalue weighted by Crippen LogP contribution is -2.33. The fourth-order valence-electron chi connectivity index (χ4n) is 2.10. The van der Waals surface area contributed by atoms with Crippen molar-refractivity contribution in [1.82, 2.24) is 4.90 Å². The van der Waals surface area contributed by atoms with Gasteiger partial charge in [0.15, 0.2) is 0 Å². The van der Waals surface area contributed by atoms with Crippen molar-refractivity contribution in [3.63, 3.8) is 0 Å². The van der Waals surface area contributed by atoms with E-state index in [1.54, 1.807) is 0 Å². The van der Waals surface area contributed by atoms with E-state index in [0.29, 0.717) is 19.0 Å². The highest BCUT2D eigenvalue weighted by atomic mass is 16.4. The normalized spacial score (nSPS) is 20.5. The van der Waals surface area contributed by atoms with Crippen LogP contribution in [0, 0.1) is 5.92 Å². The SMILES string of the molecule is CC.CC.CC1CN(C(=O)O)CC2=CC=CC=C1C2. The second-order valence-corrected chi connectivity index (χ2v) is 4.19. The van der Waals surface area contributed by atoms with Crippen LogP contribution in [0.15, 0.2) is 35.5 Å². The number of likely N-dealkylation sites (tertiary alicyclic amines) is 1. The molecule has 2 bridgehead atoms. The predicted molar refractivity (Wildman–Crippen MR) is 81.4 cm³/mol.